The molecule has 3 aromatic rings. The Hall–Kier alpha value is -3.26. The van der Waals surface area contributed by atoms with Crippen molar-refractivity contribution in [3.63, 3.8) is 0 Å². The molecule has 0 atom stereocenters. The molecule has 28 heavy (non-hydrogen) atoms. The molecule has 2 amide bonds. The van der Waals surface area contributed by atoms with E-state index in [4.69, 9.17) is 16.0 Å². The average Bonchev–Trinajstić information content (AvgIpc) is 3.13. The highest BCUT2D eigenvalue weighted by Gasteiger charge is 2.14. The second-order valence-electron chi connectivity index (χ2n) is 5.72. The van der Waals surface area contributed by atoms with Gasteiger partial charge in [0.1, 0.15) is 11.6 Å². The minimum atomic E-state index is -0.775. The maximum atomic E-state index is 13.8. The van der Waals surface area contributed by atoms with Crippen molar-refractivity contribution in [2.24, 2.45) is 0 Å². The van der Waals surface area contributed by atoms with Crippen LogP contribution in [0.15, 0.2) is 53.1 Å². The molecule has 3 rings (SSSR count). The van der Waals surface area contributed by atoms with Gasteiger partial charge in [-0.05, 0) is 24.3 Å². The van der Waals surface area contributed by atoms with Gasteiger partial charge in [-0.2, -0.15) is 0 Å². The van der Waals surface area contributed by atoms with Crippen molar-refractivity contribution < 1.29 is 22.8 Å². The van der Waals surface area contributed by atoms with Crippen molar-refractivity contribution in [2.45, 2.75) is 12.8 Å². The lowest BCUT2D eigenvalue weighted by atomic mass is 10.2. The van der Waals surface area contributed by atoms with Gasteiger partial charge in [0.2, 0.25) is 5.91 Å². The van der Waals surface area contributed by atoms with E-state index >= 15 is 0 Å². The number of nitrogens with one attached hydrogen (secondary N) is 2. The second-order valence-corrected chi connectivity index (χ2v) is 6.13. The van der Waals surface area contributed by atoms with Crippen LogP contribution in [0.4, 0.5) is 8.78 Å². The number of amides is 2. The predicted octanol–water partition coefficient (Wildman–Crippen LogP) is 3.67. The van der Waals surface area contributed by atoms with Crippen molar-refractivity contribution in [1.82, 2.24) is 15.8 Å². The Labute approximate surface area is 163 Å². The quantitative estimate of drug-likeness (QED) is 0.634. The highest BCUT2D eigenvalue weighted by molar-refractivity contribution is 6.33. The molecule has 2 N–H and O–H groups in total. The van der Waals surface area contributed by atoms with Crippen LogP contribution in [0.3, 0.4) is 0 Å². The Bertz CT molecular complexity index is 1020. The number of aryl methyl sites for hydroxylation is 1. The topological polar surface area (TPSA) is 84.2 Å². The number of aromatic nitrogens is 1. The summed E-state index contributed by atoms with van der Waals surface area (Å²) in [4.78, 5) is 27.8. The molecule has 0 fully saturated rings. The summed E-state index contributed by atoms with van der Waals surface area (Å²) in [7, 11) is 0. The van der Waals surface area contributed by atoms with Crippen LogP contribution < -0.4 is 10.9 Å². The molecular weight excluding hydrogens is 392 g/mol. The van der Waals surface area contributed by atoms with Crippen LogP contribution in [0.1, 0.15) is 22.7 Å². The Morgan fingerprint density at radius 1 is 1.11 bits per heavy atom. The van der Waals surface area contributed by atoms with E-state index in [0.717, 1.165) is 12.1 Å². The molecule has 144 valence electrons. The fraction of sp³-hybridized carbons (Fsp3) is 0.105. The van der Waals surface area contributed by atoms with Crippen LogP contribution in [-0.4, -0.2) is 16.8 Å². The molecule has 0 aliphatic heterocycles. The summed E-state index contributed by atoms with van der Waals surface area (Å²) in [5, 5.41) is 0.259. The first-order chi connectivity index (χ1) is 13.4. The number of nitrogens with zero attached hydrogens (tertiary/aromatic N) is 1. The summed E-state index contributed by atoms with van der Waals surface area (Å²) in [5.74, 6) is -2.18. The summed E-state index contributed by atoms with van der Waals surface area (Å²) >= 11 is 5.91. The van der Waals surface area contributed by atoms with Crippen molar-refractivity contribution in [3.8, 4) is 11.3 Å². The SMILES string of the molecule is O=C(CCc1ncc(-c2ccc(F)cc2F)o1)NNC(=O)c1ccccc1Cl. The Morgan fingerprint density at radius 2 is 1.89 bits per heavy atom. The number of hydrogen-bond donors (Lipinski definition) is 2. The van der Waals surface area contributed by atoms with Gasteiger partial charge in [-0.25, -0.2) is 13.8 Å². The maximum Gasteiger partial charge on any atom is 0.271 e. The van der Waals surface area contributed by atoms with E-state index in [0.29, 0.717) is 0 Å². The van der Waals surface area contributed by atoms with Crippen LogP contribution in [0.5, 0.6) is 0 Å². The molecule has 0 saturated heterocycles. The van der Waals surface area contributed by atoms with Gasteiger partial charge in [0.15, 0.2) is 11.7 Å². The lowest BCUT2D eigenvalue weighted by Gasteiger charge is -2.07. The zero-order chi connectivity index (χ0) is 20.1. The van der Waals surface area contributed by atoms with Crippen molar-refractivity contribution in [1.29, 1.82) is 0 Å². The average molecular weight is 406 g/mol. The van der Waals surface area contributed by atoms with E-state index in [2.05, 4.69) is 15.8 Å². The van der Waals surface area contributed by atoms with E-state index in [1.54, 1.807) is 18.2 Å². The first-order valence-electron chi connectivity index (χ1n) is 8.18. The molecule has 0 radical (unpaired) electrons. The Morgan fingerprint density at radius 3 is 2.64 bits per heavy atom. The van der Waals surface area contributed by atoms with Crippen LogP contribution in [-0.2, 0) is 11.2 Å². The highest BCUT2D eigenvalue weighted by Crippen LogP contribution is 2.24. The molecule has 0 aliphatic carbocycles. The fourth-order valence-electron chi connectivity index (χ4n) is 2.36. The molecule has 1 aromatic heterocycles. The first-order valence-corrected chi connectivity index (χ1v) is 8.55. The van der Waals surface area contributed by atoms with E-state index in [1.807, 2.05) is 0 Å². The minimum Gasteiger partial charge on any atom is -0.441 e. The lowest BCUT2D eigenvalue weighted by Crippen LogP contribution is -2.41. The first kappa shape index (κ1) is 19.5. The highest BCUT2D eigenvalue weighted by atomic mass is 35.5. The van der Waals surface area contributed by atoms with Gasteiger partial charge in [0.25, 0.3) is 5.91 Å². The van der Waals surface area contributed by atoms with Crippen molar-refractivity contribution in [2.75, 3.05) is 0 Å². The molecule has 6 nitrogen and oxygen atoms in total. The third-order valence-corrected chi connectivity index (χ3v) is 4.08. The molecule has 0 bridgehead atoms. The van der Waals surface area contributed by atoms with Gasteiger partial charge < -0.3 is 4.42 Å². The molecule has 0 saturated carbocycles. The van der Waals surface area contributed by atoms with Crippen LogP contribution >= 0.6 is 11.6 Å². The molecule has 2 aromatic carbocycles. The van der Waals surface area contributed by atoms with Crippen molar-refractivity contribution >= 4 is 23.4 Å². The normalized spacial score (nSPS) is 10.5. The second kappa shape index (κ2) is 8.62. The third-order valence-electron chi connectivity index (χ3n) is 3.75. The molecule has 0 unspecified atom stereocenters. The van der Waals surface area contributed by atoms with Gasteiger partial charge in [0, 0.05) is 18.9 Å². The number of carbonyl (C=O) groups is 2. The zero-order valence-electron chi connectivity index (χ0n) is 14.3. The number of hydrogen-bond acceptors (Lipinski definition) is 4. The van der Waals surface area contributed by atoms with Gasteiger partial charge in [0.05, 0.1) is 22.3 Å². The Balaban J connectivity index is 1.52. The van der Waals surface area contributed by atoms with E-state index < -0.39 is 23.4 Å². The predicted molar refractivity (Wildman–Crippen MR) is 97.2 cm³/mol. The van der Waals surface area contributed by atoms with E-state index in [1.165, 1.54) is 18.3 Å². The zero-order valence-corrected chi connectivity index (χ0v) is 15.1. The number of benzene rings is 2. The summed E-state index contributed by atoms with van der Waals surface area (Å²) in [6.45, 7) is 0. The van der Waals surface area contributed by atoms with E-state index in [9.17, 15) is 18.4 Å². The lowest BCUT2D eigenvalue weighted by molar-refractivity contribution is -0.121. The van der Waals surface area contributed by atoms with Crippen LogP contribution in [0, 0.1) is 11.6 Å². The number of carbonyl (C=O) groups excluding carboxylic acids is 2. The number of hydrazine groups is 1. The van der Waals surface area contributed by atoms with Crippen LogP contribution in [0.25, 0.3) is 11.3 Å². The summed E-state index contributed by atoms with van der Waals surface area (Å²) in [6.07, 6.45) is 1.38. The van der Waals surface area contributed by atoms with Crippen molar-refractivity contribution in [3.05, 3.63) is 76.8 Å². The third kappa shape index (κ3) is 4.72. The van der Waals surface area contributed by atoms with Gasteiger partial charge in [-0.1, -0.05) is 23.7 Å². The molecule has 0 spiro atoms. The van der Waals surface area contributed by atoms with Gasteiger partial charge >= 0.3 is 0 Å². The molecule has 1 heterocycles. The smallest absolute Gasteiger partial charge is 0.271 e. The maximum absolute atomic E-state index is 13.8. The molecule has 9 heteroatoms. The van der Waals surface area contributed by atoms with Gasteiger partial charge in [-0.3, -0.25) is 20.4 Å². The van der Waals surface area contributed by atoms with Gasteiger partial charge in [-0.15, -0.1) is 0 Å². The molecule has 0 aliphatic rings. The number of oxazole rings is 1. The van der Waals surface area contributed by atoms with Crippen LogP contribution in [0.2, 0.25) is 5.02 Å². The number of rotatable bonds is 5. The largest absolute Gasteiger partial charge is 0.441 e. The summed E-state index contributed by atoms with van der Waals surface area (Å²) in [5.41, 5.74) is 4.82. The Kier molecular flexibility index (Phi) is 6.00. The summed E-state index contributed by atoms with van der Waals surface area (Å²) in [6, 6.07) is 9.50. The monoisotopic (exact) mass is 405 g/mol. The summed E-state index contributed by atoms with van der Waals surface area (Å²) < 4.78 is 32.1. The number of halogens is 3. The molecular formula is C19H14ClF2N3O3. The standard InChI is InChI=1S/C19H14ClF2N3O3/c20-14-4-2-1-3-12(14)19(27)25-24-17(26)7-8-18-23-10-16(28-18)13-6-5-11(21)9-15(13)22/h1-6,9-10H,7-8H2,(H,24,26)(H,25,27). The van der Waals surface area contributed by atoms with E-state index in [-0.39, 0.29) is 40.6 Å². The fourth-order valence-corrected chi connectivity index (χ4v) is 2.58. The minimum absolute atomic E-state index is 0.0331.